The van der Waals surface area contributed by atoms with Gasteiger partial charge in [0, 0.05) is 39.9 Å². The molecule has 0 unspecified atom stereocenters. The van der Waals surface area contributed by atoms with E-state index in [1.54, 1.807) is 12.1 Å². The van der Waals surface area contributed by atoms with E-state index in [9.17, 15) is 14.0 Å². The van der Waals surface area contributed by atoms with E-state index < -0.39 is 11.6 Å². The van der Waals surface area contributed by atoms with E-state index in [0.717, 1.165) is 41.8 Å². The van der Waals surface area contributed by atoms with Crippen molar-refractivity contribution in [2.24, 2.45) is 0 Å². The van der Waals surface area contributed by atoms with Crippen molar-refractivity contribution in [1.82, 2.24) is 9.88 Å². The topological polar surface area (TPSA) is 43.1 Å². The highest BCUT2D eigenvalue weighted by Gasteiger charge is 2.33. The molecule has 4 aromatic rings. The van der Waals surface area contributed by atoms with Crippen LogP contribution in [0.5, 0.6) is 0 Å². The molecule has 186 valence electrons. The van der Waals surface area contributed by atoms with Gasteiger partial charge in [-0.15, -0.1) is 0 Å². The third-order valence-electron chi connectivity index (χ3n) is 7.17. The minimum Gasteiger partial charge on any atom is -0.618 e. The Bertz CT molecular complexity index is 1420. The molecule has 0 aliphatic carbocycles. The molecule has 36 heavy (non-hydrogen) atoms. The zero-order chi connectivity index (χ0) is 25.6. The van der Waals surface area contributed by atoms with Crippen LogP contribution < -0.4 is 4.73 Å². The summed E-state index contributed by atoms with van der Waals surface area (Å²) in [7, 11) is 0. The van der Waals surface area contributed by atoms with Crippen LogP contribution in [0.4, 0.5) is 8.78 Å². The van der Waals surface area contributed by atoms with Crippen molar-refractivity contribution in [3.63, 3.8) is 0 Å². The Kier molecular flexibility index (Phi) is 6.43. The molecule has 0 N–H and O–H groups in total. The quantitative estimate of drug-likeness (QED) is 0.219. The molecule has 0 radical (unpaired) electrons. The molecular formula is C29H28ClF2N3O. The Morgan fingerprint density at radius 1 is 0.972 bits per heavy atom. The monoisotopic (exact) mass is 507 g/mol. The van der Waals surface area contributed by atoms with Gasteiger partial charge in [0.2, 0.25) is 0 Å². The Balaban J connectivity index is 1.77. The standard InChI is InChI=1S/C29H28ClF2N3O/c1-29(2,3)34-15-12-18(13-16-34)25-17-21(19-7-4-5-8-22(19)30)20-11-14-33-27(28(20)35(25)36)26-23(31)9-6-10-24(26)32/h4-11,14,17-18H,12-13,15-16H2,1-3H3. The minimum atomic E-state index is -0.766. The number of aromatic nitrogens is 2. The molecule has 1 aliphatic heterocycles. The van der Waals surface area contributed by atoms with Gasteiger partial charge >= 0.3 is 0 Å². The summed E-state index contributed by atoms with van der Waals surface area (Å²) in [5.74, 6) is -1.54. The molecule has 7 heteroatoms. The third-order valence-corrected chi connectivity index (χ3v) is 7.50. The van der Waals surface area contributed by atoms with E-state index in [0.29, 0.717) is 16.1 Å². The van der Waals surface area contributed by atoms with Crippen LogP contribution in [0, 0.1) is 16.8 Å². The van der Waals surface area contributed by atoms with E-state index in [1.165, 1.54) is 24.4 Å². The predicted octanol–water partition coefficient (Wildman–Crippen LogP) is 7.11. The first kappa shape index (κ1) is 24.6. The van der Waals surface area contributed by atoms with Crippen LogP contribution in [0.2, 0.25) is 5.02 Å². The fourth-order valence-corrected chi connectivity index (χ4v) is 5.47. The Morgan fingerprint density at radius 3 is 2.28 bits per heavy atom. The zero-order valence-electron chi connectivity index (χ0n) is 20.6. The maximum atomic E-state index is 14.9. The lowest BCUT2D eigenvalue weighted by Crippen LogP contribution is -2.47. The number of piperidine rings is 1. The van der Waals surface area contributed by atoms with E-state index in [4.69, 9.17) is 11.6 Å². The number of halogens is 3. The lowest BCUT2D eigenvalue weighted by Gasteiger charge is -2.40. The number of likely N-dealkylation sites (tertiary alicyclic amines) is 1. The summed E-state index contributed by atoms with van der Waals surface area (Å²) in [6.07, 6.45) is 3.08. The molecular weight excluding hydrogens is 480 g/mol. The van der Waals surface area contributed by atoms with Crippen LogP contribution in [0.1, 0.15) is 45.2 Å². The molecule has 1 fully saturated rings. The highest BCUT2D eigenvalue weighted by Crippen LogP contribution is 2.39. The number of hydrogen-bond acceptors (Lipinski definition) is 3. The SMILES string of the molecule is CC(C)(C)N1CCC(c2cc(-c3ccccc3Cl)c3ccnc(-c4c(F)cccc4F)c3[n+]2[O-])CC1. The largest absolute Gasteiger partial charge is 0.618 e. The molecule has 0 atom stereocenters. The molecule has 0 amide bonds. The van der Waals surface area contributed by atoms with Gasteiger partial charge in [0.1, 0.15) is 17.3 Å². The van der Waals surface area contributed by atoms with Gasteiger partial charge in [0.05, 0.1) is 10.9 Å². The van der Waals surface area contributed by atoms with Gasteiger partial charge in [-0.2, -0.15) is 4.73 Å². The van der Waals surface area contributed by atoms with Crippen molar-refractivity contribution in [2.75, 3.05) is 13.1 Å². The molecule has 2 aromatic heterocycles. The molecule has 0 spiro atoms. The van der Waals surface area contributed by atoms with Gasteiger partial charge in [-0.05, 0) is 71.0 Å². The summed E-state index contributed by atoms with van der Waals surface area (Å²) in [6.45, 7) is 8.28. The van der Waals surface area contributed by atoms with Gasteiger partial charge in [-0.3, -0.25) is 4.90 Å². The summed E-state index contributed by atoms with van der Waals surface area (Å²) in [4.78, 5) is 6.72. The maximum absolute atomic E-state index is 14.9. The molecule has 4 nitrogen and oxygen atoms in total. The normalized spacial score (nSPS) is 15.5. The summed E-state index contributed by atoms with van der Waals surface area (Å²) in [6, 6.07) is 14.7. The number of rotatable bonds is 3. The van der Waals surface area contributed by atoms with Crippen molar-refractivity contribution < 1.29 is 13.5 Å². The van der Waals surface area contributed by atoms with Gasteiger partial charge < -0.3 is 5.21 Å². The Labute approximate surface area is 214 Å². The van der Waals surface area contributed by atoms with Crippen molar-refractivity contribution in [3.05, 3.63) is 88.4 Å². The van der Waals surface area contributed by atoms with E-state index in [-0.39, 0.29) is 28.2 Å². The zero-order valence-corrected chi connectivity index (χ0v) is 21.3. The van der Waals surface area contributed by atoms with Crippen LogP contribution in [0.3, 0.4) is 0 Å². The summed E-state index contributed by atoms with van der Waals surface area (Å²) in [5, 5.41) is 15.1. The Hall–Kier alpha value is -3.09. The van der Waals surface area contributed by atoms with Crippen molar-refractivity contribution >= 4 is 22.5 Å². The van der Waals surface area contributed by atoms with Crippen LogP contribution in [-0.4, -0.2) is 28.5 Å². The average molecular weight is 508 g/mol. The first-order valence-electron chi connectivity index (χ1n) is 12.2. The maximum Gasteiger partial charge on any atom is 0.251 e. The van der Waals surface area contributed by atoms with Crippen LogP contribution >= 0.6 is 11.6 Å². The highest BCUT2D eigenvalue weighted by atomic mass is 35.5. The smallest absolute Gasteiger partial charge is 0.251 e. The second-order valence-corrected chi connectivity index (χ2v) is 10.7. The average Bonchev–Trinajstić information content (AvgIpc) is 2.84. The van der Waals surface area contributed by atoms with Crippen molar-refractivity contribution in [1.29, 1.82) is 0 Å². The van der Waals surface area contributed by atoms with Crippen molar-refractivity contribution in [3.8, 4) is 22.4 Å². The molecule has 3 heterocycles. The molecule has 1 aliphatic rings. The van der Waals surface area contributed by atoms with Gasteiger partial charge in [-0.25, -0.2) is 13.8 Å². The molecule has 5 rings (SSSR count). The number of hydrogen-bond donors (Lipinski definition) is 0. The second kappa shape index (κ2) is 9.41. The van der Waals surface area contributed by atoms with Gasteiger partial charge in [0.15, 0.2) is 5.69 Å². The number of benzene rings is 2. The predicted molar refractivity (Wildman–Crippen MR) is 140 cm³/mol. The van der Waals surface area contributed by atoms with Crippen LogP contribution in [-0.2, 0) is 0 Å². The fraction of sp³-hybridized carbons (Fsp3) is 0.310. The number of pyridine rings is 2. The van der Waals surface area contributed by atoms with Gasteiger partial charge in [0.25, 0.3) is 5.52 Å². The first-order valence-corrected chi connectivity index (χ1v) is 12.5. The van der Waals surface area contributed by atoms with E-state index in [2.05, 4.69) is 30.7 Å². The summed E-state index contributed by atoms with van der Waals surface area (Å²) >= 11 is 6.59. The lowest BCUT2D eigenvalue weighted by atomic mass is 9.88. The molecule has 2 aromatic carbocycles. The fourth-order valence-electron chi connectivity index (χ4n) is 5.23. The van der Waals surface area contributed by atoms with Crippen LogP contribution in [0.25, 0.3) is 33.3 Å². The number of fused-ring (bicyclic) bond motifs is 1. The highest BCUT2D eigenvalue weighted by molar-refractivity contribution is 6.33. The molecule has 0 bridgehead atoms. The number of nitrogens with zero attached hydrogens (tertiary/aromatic N) is 3. The Morgan fingerprint density at radius 2 is 1.64 bits per heavy atom. The molecule has 1 saturated heterocycles. The van der Waals surface area contributed by atoms with Gasteiger partial charge in [-0.1, -0.05) is 35.9 Å². The first-order chi connectivity index (χ1) is 17.2. The van der Waals surface area contributed by atoms with E-state index >= 15 is 0 Å². The van der Waals surface area contributed by atoms with E-state index in [1.807, 2.05) is 24.3 Å². The van der Waals surface area contributed by atoms with Crippen molar-refractivity contribution in [2.45, 2.75) is 45.1 Å². The minimum absolute atomic E-state index is 0.00902. The summed E-state index contributed by atoms with van der Waals surface area (Å²) < 4.78 is 30.6. The second-order valence-electron chi connectivity index (χ2n) is 10.3. The summed E-state index contributed by atoms with van der Waals surface area (Å²) in [5.41, 5.74) is 1.94. The molecule has 0 saturated carbocycles. The third kappa shape index (κ3) is 4.33. The lowest BCUT2D eigenvalue weighted by molar-refractivity contribution is -0.587. The van der Waals surface area contributed by atoms with Crippen LogP contribution in [0.15, 0.2) is 60.8 Å².